The Morgan fingerprint density at radius 1 is 1.21 bits per heavy atom. The maximum absolute atomic E-state index is 3.75. The summed E-state index contributed by atoms with van der Waals surface area (Å²) in [6.07, 6.45) is 8.09. The molecule has 1 saturated carbocycles. The normalized spacial score (nSPS) is 20.2. The van der Waals surface area contributed by atoms with E-state index in [0.29, 0.717) is 11.5 Å². The molecule has 0 radical (unpaired) electrons. The molecule has 1 atom stereocenters. The summed E-state index contributed by atoms with van der Waals surface area (Å²) in [6, 6.07) is 9.24. The smallest absolute Gasteiger partial charge is 0.0207 e. The Balaban J connectivity index is 2.13. The molecule has 1 aliphatic rings. The fourth-order valence-electron chi connectivity index (χ4n) is 3.40. The fourth-order valence-corrected chi connectivity index (χ4v) is 3.85. The number of benzene rings is 1. The molecule has 1 aliphatic carbocycles. The van der Waals surface area contributed by atoms with Gasteiger partial charge in [0.25, 0.3) is 0 Å². The van der Waals surface area contributed by atoms with Gasteiger partial charge in [-0.05, 0) is 42.9 Å². The van der Waals surface area contributed by atoms with E-state index >= 15 is 0 Å². The molecule has 0 amide bonds. The summed E-state index contributed by atoms with van der Waals surface area (Å²) in [5.74, 6) is 0. The van der Waals surface area contributed by atoms with Gasteiger partial charge in [-0.25, -0.2) is 0 Å². The second-order valence-corrected chi connectivity index (χ2v) is 6.97. The Kier molecular flexibility index (Phi) is 5.47. The van der Waals surface area contributed by atoms with E-state index in [4.69, 9.17) is 0 Å². The maximum atomic E-state index is 3.75. The lowest BCUT2D eigenvalue weighted by molar-refractivity contribution is 0.144. The van der Waals surface area contributed by atoms with E-state index in [9.17, 15) is 0 Å². The zero-order chi connectivity index (χ0) is 13.7. The molecule has 2 rings (SSSR count). The highest BCUT2D eigenvalue weighted by molar-refractivity contribution is 9.10. The molecule has 0 bridgehead atoms. The largest absolute Gasteiger partial charge is 0.313 e. The summed E-state index contributed by atoms with van der Waals surface area (Å²) in [5, 5.41) is 3.75. The lowest BCUT2D eigenvalue weighted by Crippen LogP contribution is -2.46. The van der Waals surface area contributed by atoms with Gasteiger partial charge in [-0.3, -0.25) is 0 Å². The van der Waals surface area contributed by atoms with Gasteiger partial charge in [0.1, 0.15) is 0 Å². The molecule has 106 valence electrons. The molecule has 2 heteroatoms. The lowest BCUT2D eigenvalue weighted by atomic mass is 9.69. The van der Waals surface area contributed by atoms with Crippen LogP contribution in [0.15, 0.2) is 28.7 Å². The quantitative estimate of drug-likeness (QED) is 0.809. The first-order valence-electron chi connectivity index (χ1n) is 7.62. The molecular weight excluding hydrogens is 298 g/mol. The first kappa shape index (κ1) is 15.1. The van der Waals surface area contributed by atoms with Crippen molar-refractivity contribution in [1.82, 2.24) is 5.32 Å². The van der Waals surface area contributed by atoms with Crippen molar-refractivity contribution in [1.29, 1.82) is 0 Å². The SMILES string of the molecule is CCNC(Cc1ccccc1Br)C1(C)CCCCC1. The second kappa shape index (κ2) is 6.90. The van der Waals surface area contributed by atoms with E-state index < -0.39 is 0 Å². The molecular formula is C17H26BrN. The molecule has 0 aliphatic heterocycles. The first-order valence-corrected chi connectivity index (χ1v) is 8.42. The van der Waals surface area contributed by atoms with Crippen LogP contribution in [-0.2, 0) is 6.42 Å². The maximum Gasteiger partial charge on any atom is 0.0207 e. The molecule has 1 nitrogen and oxygen atoms in total. The van der Waals surface area contributed by atoms with Crippen LogP contribution >= 0.6 is 15.9 Å². The van der Waals surface area contributed by atoms with Crippen LogP contribution in [0, 0.1) is 5.41 Å². The van der Waals surface area contributed by atoms with Crippen LogP contribution in [0.25, 0.3) is 0 Å². The minimum atomic E-state index is 0.462. The Hall–Kier alpha value is -0.340. The number of likely N-dealkylation sites (N-methyl/N-ethyl adjacent to an activating group) is 1. The van der Waals surface area contributed by atoms with Gasteiger partial charge < -0.3 is 5.32 Å². The predicted molar refractivity (Wildman–Crippen MR) is 86.5 cm³/mol. The molecule has 1 fully saturated rings. The van der Waals surface area contributed by atoms with E-state index in [1.165, 1.54) is 42.1 Å². The fraction of sp³-hybridized carbons (Fsp3) is 0.647. The van der Waals surface area contributed by atoms with Gasteiger partial charge >= 0.3 is 0 Å². The van der Waals surface area contributed by atoms with Gasteiger partial charge in [0.2, 0.25) is 0 Å². The Bertz CT molecular complexity index is 396. The van der Waals surface area contributed by atoms with Gasteiger partial charge in [0, 0.05) is 10.5 Å². The molecule has 1 N–H and O–H groups in total. The van der Waals surface area contributed by atoms with Crippen molar-refractivity contribution >= 4 is 15.9 Å². The van der Waals surface area contributed by atoms with Crippen LogP contribution in [0.2, 0.25) is 0 Å². The number of halogens is 1. The van der Waals surface area contributed by atoms with Gasteiger partial charge in [0.05, 0.1) is 0 Å². The van der Waals surface area contributed by atoms with E-state index in [-0.39, 0.29) is 0 Å². The predicted octanol–water partition coefficient (Wildman–Crippen LogP) is 4.94. The molecule has 0 saturated heterocycles. The van der Waals surface area contributed by atoms with Crippen molar-refractivity contribution in [3.05, 3.63) is 34.3 Å². The summed E-state index contributed by atoms with van der Waals surface area (Å²) >= 11 is 3.69. The zero-order valence-corrected chi connectivity index (χ0v) is 13.8. The monoisotopic (exact) mass is 323 g/mol. The molecule has 19 heavy (non-hydrogen) atoms. The summed E-state index contributed by atoms with van der Waals surface area (Å²) in [4.78, 5) is 0. The van der Waals surface area contributed by atoms with E-state index in [1.807, 2.05) is 0 Å². The molecule has 0 spiro atoms. The summed E-state index contributed by atoms with van der Waals surface area (Å²) in [5.41, 5.74) is 1.89. The van der Waals surface area contributed by atoms with Crippen molar-refractivity contribution in [3.8, 4) is 0 Å². The third-order valence-electron chi connectivity index (χ3n) is 4.67. The molecule has 1 aromatic carbocycles. The third-order valence-corrected chi connectivity index (χ3v) is 5.44. The molecule has 1 aromatic rings. The topological polar surface area (TPSA) is 12.0 Å². The number of hydrogen-bond acceptors (Lipinski definition) is 1. The van der Waals surface area contributed by atoms with E-state index in [1.54, 1.807) is 0 Å². The summed E-state index contributed by atoms with van der Waals surface area (Å²) < 4.78 is 1.25. The van der Waals surface area contributed by atoms with Crippen LogP contribution in [0.5, 0.6) is 0 Å². The minimum Gasteiger partial charge on any atom is -0.313 e. The Morgan fingerprint density at radius 3 is 2.53 bits per heavy atom. The van der Waals surface area contributed by atoms with Gasteiger partial charge in [-0.1, -0.05) is 67.2 Å². The zero-order valence-electron chi connectivity index (χ0n) is 12.2. The van der Waals surface area contributed by atoms with E-state index in [0.717, 1.165) is 13.0 Å². The highest BCUT2D eigenvalue weighted by atomic mass is 79.9. The van der Waals surface area contributed by atoms with Crippen molar-refractivity contribution in [2.45, 2.75) is 58.4 Å². The van der Waals surface area contributed by atoms with Crippen LogP contribution in [0.1, 0.15) is 51.5 Å². The van der Waals surface area contributed by atoms with Crippen molar-refractivity contribution in [2.75, 3.05) is 6.54 Å². The Morgan fingerprint density at radius 2 is 1.89 bits per heavy atom. The third kappa shape index (κ3) is 3.82. The Labute approximate surface area is 126 Å². The van der Waals surface area contributed by atoms with Gasteiger partial charge in [-0.15, -0.1) is 0 Å². The summed E-state index contributed by atoms with van der Waals surface area (Å²) in [6.45, 7) is 5.76. The standard InChI is InChI=1S/C17H26BrN/c1-3-19-16(17(2)11-7-4-8-12-17)13-14-9-5-6-10-15(14)18/h5-6,9-10,16,19H,3-4,7-8,11-13H2,1-2H3. The van der Waals surface area contributed by atoms with Crippen molar-refractivity contribution in [2.24, 2.45) is 5.41 Å². The number of hydrogen-bond donors (Lipinski definition) is 1. The number of rotatable bonds is 5. The second-order valence-electron chi connectivity index (χ2n) is 6.12. The van der Waals surface area contributed by atoms with Crippen LogP contribution < -0.4 is 5.32 Å². The minimum absolute atomic E-state index is 0.462. The highest BCUT2D eigenvalue weighted by Crippen LogP contribution is 2.40. The highest BCUT2D eigenvalue weighted by Gasteiger charge is 2.35. The van der Waals surface area contributed by atoms with Crippen LogP contribution in [0.4, 0.5) is 0 Å². The van der Waals surface area contributed by atoms with Gasteiger partial charge in [-0.2, -0.15) is 0 Å². The summed E-state index contributed by atoms with van der Waals surface area (Å²) in [7, 11) is 0. The molecule has 1 unspecified atom stereocenters. The van der Waals surface area contributed by atoms with Crippen LogP contribution in [-0.4, -0.2) is 12.6 Å². The van der Waals surface area contributed by atoms with Gasteiger partial charge in [0.15, 0.2) is 0 Å². The molecule has 0 heterocycles. The number of nitrogens with one attached hydrogen (secondary N) is 1. The van der Waals surface area contributed by atoms with Crippen molar-refractivity contribution < 1.29 is 0 Å². The molecule has 0 aromatic heterocycles. The average molecular weight is 324 g/mol. The lowest BCUT2D eigenvalue weighted by Gasteiger charge is -2.41. The van der Waals surface area contributed by atoms with Crippen molar-refractivity contribution in [3.63, 3.8) is 0 Å². The van der Waals surface area contributed by atoms with Crippen LogP contribution in [0.3, 0.4) is 0 Å². The first-order chi connectivity index (χ1) is 9.15. The van der Waals surface area contributed by atoms with E-state index in [2.05, 4.69) is 59.4 Å². The average Bonchev–Trinajstić information content (AvgIpc) is 2.41.